The van der Waals surface area contributed by atoms with E-state index in [4.69, 9.17) is 14.4 Å². The van der Waals surface area contributed by atoms with E-state index in [-0.39, 0.29) is 0 Å². The van der Waals surface area contributed by atoms with Crippen LogP contribution < -0.4 is 0 Å². The van der Waals surface area contributed by atoms with Crippen LogP contribution >= 0.6 is 0 Å². The summed E-state index contributed by atoms with van der Waals surface area (Å²) in [6.45, 7) is 0. The van der Waals surface area contributed by atoms with E-state index in [9.17, 15) is 0 Å². The fourth-order valence-corrected chi connectivity index (χ4v) is 9.69. The topological polar surface area (TPSA) is 48.8 Å². The third-order valence-electron chi connectivity index (χ3n) is 12.5. The van der Waals surface area contributed by atoms with E-state index in [0.717, 1.165) is 94.6 Å². The van der Waals surface area contributed by atoms with Crippen LogP contribution in [0, 0.1) is 0 Å². The highest BCUT2D eigenvalue weighted by Crippen LogP contribution is 2.40. The number of aromatic nitrogens is 4. The van der Waals surface area contributed by atoms with Gasteiger partial charge in [0.1, 0.15) is 11.2 Å². The Morgan fingerprint density at radius 3 is 1.38 bits per heavy atom. The molecule has 0 aliphatic rings. The van der Waals surface area contributed by atoms with Crippen LogP contribution in [0.2, 0.25) is 0 Å². The van der Waals surface area contributed by atoms with Gasteiger partial charge in [0.15, 0.2) is 5.82 Å². The van der Waals surface area contributed by atoms with E-state index < -0.39 is 0 Å². The highest BCUT2D eigenvalue weighted by Gasteiger charge is 2.20. The Kier molecular flexibility index (Phi) is 7.84. The molecule has 0 aliphatic heterocycles. The maximum atomic E-state index is 6.50. The Balaban J connectivity index is 1.07. The lowest BCUT2D eigenvalue weighted by atomic mass is 9.99. The molecule has 0 saturated heterocycles. The summed E-state index contributed by atoms with van der Waals surface area (Å²) < 4.78 is 11.3. The smallest absolute Gasteiger partial charge is 0.160 e. The molecule has 4 aromatic heterocycles. The number of furan rings is 1. The monoisotopic (exact) mass is 804 g/mol. The molecule has 0 radical (unpaired) electrons. The fourth-order valence-electron chi connectivity index (χ4n) is 9.69. The van der Waals surface area contributed by atoms with E-state index in [1.54, 1.807) is 0 Å². The van der Waals surface area contributed by atoms with Crippen molar-refractivity contribution >= 4 is 65.6 Å². The number of benzene rings is 9. The molecule has 0 amide bonds. The summed E-state index contributed by atoms with van der Waals surface area (Å²) >= 11 is 0. The van der Waals surface area contributed by atoms with Crippen molar-refractivity contribution in [2.75, 3.05) is 0 Å². The van der Waals surface area contributed by atoms with Crippen molar-refractivity contribution in [1.82, 2.24) is 19.1 Å². The molecule has 0 unspecified atom stereocenters. The summed E-state index contributed by atoms with van der Waals surface area (Å²) in [5.74, 6) is 0.640. The highest BCUT2D eigenvalue weighted by molar-refractivity contribution is 6.11. The summed E-state index contributed by atoms with van der Waals surface area (Å²) in [5, 5.41) is 7.05. The van der Waals surface area contributed by atoms with Crippen LogP contribution in [0.25, 0.3) is 122 Å². The minimum atomic E-state index is 0.640. The first-order valence-corrected chi connectivity index (χ1v) is 21.3. The van der Waals surface area contributed by atoms with Gasteiger partial charge in [0.25, 0.3) is 0 Å². The fraction of sp³-hybridized carbons (Fsp3) is 0. The molecular formula is C58H36N4O. The molecular weight excluding hydrogens is 769 g/mol. The molecule has 5 nitrogen and oxygen atoms in total. The zero-order chi connectivity index (χ0) is 41.4. The second-order valence-corrected chi connectivity index (χ2v) is 16.2. The molecule has 0 spiro atoms. The molecule has 13 aromatic rings. The van der Waals surface area contributed by atoms with Gasteiger partial charge >= 0.3 is 0 Å². The molecule has 0 saturated carbocycles. The van der Waals surface area contributed by atoms with Crippen molar-refractivity contribution in [3.05, 3.63) is 218 Å². The zero-order valence-electron chi connectivity index (χ0n) is 34.0. The predicted molar refractivity (Wildman–Crippen MR) is 260 cm³/mol. The summed E-state index contributed by atoms with van der Waals surface area (Å²) in [7, 11) is 0. The molecule has 0 N–H and O–H groups in total. The first kappa shape index (κ1) is 35.2. The van der Waals surface area contributed by atoms with Gasteiger partial charge in [-0.1, -0.05) is 158 Å². The Morgan fingerprint density at radius 2 is 0.778 bits per heavy atom. The van der Waals surface area contributed by atoms with Crippen LogP contribution in [-0.4, -0.2) is 19.1 Å². The first-order valence-electron chi connectivity index (χ1n) is 21.3. The van der Waals surface area contributed by atoms with Crippen molar-refractivity contribution in [3.63, 3.8) is 0 Å². The van der Waals surface area contributed by atoms with Gasteiger partial charge in [-0.2, -0.15) is 0 Å². The standard InChI is InChI=1S/C58H36N4O/c1-2-16-37(17-3-1)50-36-51(39-19-14-18-38(32-39)43-25-15-26-49-48-24-8-13-31-56(48)63-57(43)49)60-58(59-50)40-33-41(61-52-27-9-4-20-44(52)45-21-5-10-28-53(45)61)35-42(34-40)62-54-29-11-6-22-46(54)47-23-7-12-30-55(47)62/h1-36H. The van der Waals surface area contributed by atoms with Gasteiger partial charge in [-0.3, -0.25) is 0 Å². The predicted octanol–water partition coefficient (Wildman–Crippen LogP) is 15.2. The third-order valence-corrected chi connectivity index (χ3v) is 12.5. The van der Waals surface area contributed by atoms with E-state index in [0.29, 0.717) is 5.82 Å². The van der Waals surface area contributed by atoms with Gasteiger partial charge in [0.05, 0.1) is 33.5 Å². The maximum Gasteiger partial charge on any atom is 0.160 e. The highest BCUT2D eigenvalue weighted by atomic mass is 16.3. The number of rotatable bonds is 6. The van der Waals surface area contributed by atoms with E-state index in [2.05, 4.69) is 209 Å². The quantitative estimate of drug-likeness (QED) is 0.168. The summed E-state index contributed by atoms with van der Waals surface area (Å²) in [6, 6.07) is 77.3. The number of hydrogen-bond donors (Lipinski definition) is 0. The van der Waals surface area contributed by atoms with Crippen molar-refractivity contribution in [1.29, 1.82) is 0 Å². The second-order valence-electron chi connectivity index (χ2n) is 16.2. The Labute approximate surface area is 362 Å². The van der Waals surface area contributed by atoms with Crippen LogP contribution in [0.1, 0.15) is 0 Å². The minimum Gasteiger partial charge on any atom is -0.455 e. The summed E-state index contributed by atoms with van der Waals surface area (Å²) in [6.07, 6.45) is 0. The summed E-state index contributed by atoms with van der Waals surface area (Å²) in [5.41, 5.74) is 15.1. The van der Waals surface area contributed by atoms with Crippen molar-refractivity contribution < 1.29 is 4.42 Å². The molecule has 294 valence electrons. The lowest BCUT2D eigenvalue weighted by Gasteiger charge is -2.16. The first-order chi connectivity index (χ1) is 31.2. The van der Waals surface area contributed by atoms with E-state index in [1.165, 1.54) is 21.5 Å². The lowest BCUT2D eigenvalue weighted by Crippen LogP contribution is -2.02. The number of fused-ring (bicyclic) bond motifs is 9. The van der Waals surface area contributed by atoms with Gasteiger partial charge in [-0.05, 0) is 66.2 Å². The number of para-hydroxylation sites is 6. The Hall–Kier alpha value is -8.54. The van der Waals surface area contributed by atoms with Gasteiger partial charge in [0, 0.05) is 65.9 Å². The van der Waals surface area contributed by atoms with Crippen molar-refractivity contribution in [3.8, 4) is 56.4 Å². The van der Waals surface area contributed by atoms with Gasteiger partial charge < -0.3 is 13.6 Å². The van der Waals surface area contributed by atoms with Crippen LogP contribution in [0.5, 0.6) is 0 Å². The largest absolute Gasteiger partial charge is 0.455 e. The molecule has 0 atom stereocenters. The number of nitrogens with zero attached hydrogens (tertiary/aromatic N) is 4. The average Bonchev–Trinajstić information content (AvgIpc) is 4.02. The minimum absolute atomic E-state index is 0.640. The number of hydrogen-bond acceptors (Lipinski definition) is 3. The molecule has 9 aromatic carbocycles. The van der Waals surface area contributed by atoms with Gasteiger partial charge in [-0.25, -0.2) is 9.97 Å². The van der Waals surface area contributed by atoms with Crippen molar-refractivity contribution in [2.24, 2.45) is 0 Å². The molecule has 0 fully saturated rings. The van der Waals surface area contributed by atoms with Crippen LogP contribution in [0.3, 0.4) is 0 Å². The van der Waals surface area contributed by atoms with E-state index >= 15 is 0 Å². The van der Waals surface area contributed by atoms with Crippen LogP contribution in [0.15, 0.2) is 223 Å². The lowest BCUT2D eigenvalue weighted by molar-refractivity contribution is 0.670. The molecule has 5 heteroatoms. The Morgan fingerprint density at radius 1 is 0.317 bits per heavy atom. The van der Waals surface area contributed by atoms with Crippen LogP contribution in [0.4, 0.5) is 0 Å². The molecule has 4 heterocycles. The zero-order valence-corrected chi connectivity index (χ0v) is 34.0. The third kappa shape index (κ3) is 5.64. The van der Waals surface area contributed by atoms with Gasteiger partial charge in [-0.15, -0.1) is 0 Å². The molecule has 0 aliphatic carbocycles. The molecule has 0 bridgehead atoms. The van der Waals surface area contributed by atoms with Crippen LogP contribution in [-0.2, 0) is 0 Å². The Bertz CT molecular complexity index is 3690. The maximum absolute atomic E-state index is 6.50. The second kappa shape index (κ2) is 14.0. The van der Waals surface area contributed by atoms with E-state index in [1.807, 2.05) is 18.2 Å². The summed E-state index contributed by atoms with van der Waals surface area (Å²) in [4.78, 5) is 10.9. The molecule has 63 heavy (non-hydrogen) atoms. The molecule has 13 rings (SSSR count). The van der Waals surface area contributed by atoms with Gasteiger partial charge in [0.2, 0.25) is 0 Å². The average molecular weight is 805 g/mol. The van der Waals surface area contributed by atoms with Crippen molar-refractivity contribution in [2.45, 2.75) is 0 Å². The normalized spacial score (nSPS) is 11.8. The SMILES string of the molecule is c1ccc(-c2cc(-c3cccc(-c4cccc5c4oc4ccccc45)c3)nc(-c3cc(-n4c5ccccc5c5ccccc54)cc(-n4c5ccccc5c5ccccc54)c3)n2)cc1.